The second-order valence-corrected chi connectivity index (χ2v) is 6.00. The van der Waals surface area contributed by atoms with Crippen LogP contribution in [0.4, 0.5) is 4.39 Å². The number of carbonyl (C=O) groups excluding carboxylic acids is 1. The van der Waals surface area contributed by atoms with Crippen LogP contribution in [0, 0.1) is 18.7 Å². The lowest BCUT2D eigenvalue weighted by atomic mass is 9.92. The Hall–Kier alpha value is -1.13. The van der Waals surface area contributed by atoms with Crippen LogP contribution in [0.5, 0.6) is 0 Å². The molecule has 0 bridgehead atoms. The molecule has 2 rings (SSSR count). The fraction of sp³-hybridized carbons (Fsp3) is 0.533. The van der Waals surface area contributed by atoms with Crippen LogP contribution < -0.4 is 5.73 Å². The molecule has 110 valence electrons. The number of likely N-dealkylation sites (tertiary alicyclic amines) is 1. The SMILES string of the molecule is Cc1cc(C(=O)N2CCC[C@@H]([C@H](C)N)C2)c(Cl)cc1F. The zero-order chi connectivity index (χ0) is 14.9. The van der Waals surface area contributed by atoms with Gasteiger partial charge in [0.2, 0.25) is 0 Å². The van der Waals surface area contributed by atoms with Crippen LogP contribution in [0.3, 0.4) is 0 Å². The molecular weight excluding hydrogens is 279 g/mol. The Bertz CT molecular complexity index is 519. The van der Waals surface area contributed by atoms with Gasteiger partial charge in [0.1, 0.15) is 5.82 Å². The van der Waals surface area contributed by atoms with Gasteiger partial charge in [-0.15, -0.1) is 0 Å². The molecule has 2 atom stereocenters. The lowest BCUT2D eigenvalue weighted by Crippen LogP contribution is -2.45. The molecule has 1 aliphatic heterocycles. The summed E-state index contributed by atoms with van der Waals surface area (Å²) in [6.45, 7) is 4.94. The molecule has 3 nitrogen and oxygen atoms in total. The van der Waals surface area contributed by atoms with Crippen molar-refractivity contribution in [3.8, 4) is 0 Å². The van der Waals surface area contributed by atoms with Crippen LogP contribution in [0.15, 0.2) is 12.1 Å². The molecule has 0 saturated carbocycles. The molecule has 1 aromatic rings. The van der Waals surface area contributed by atoms with Crippen molar-refractivity contribution in [1.82, 2.24) is 4.90 Å². The highest BCUT2D eigenvalue weighted by atomic mass is 35.5. The van der Waals surface area contributed by atoms with Crippen molar-refractivity contribution in [1.29, 1.82) is 0 Å². The highest BCUT2D eigenvalue weighted by Crippen LogP contribution is 2.25. The van der Waals surface area contributed by atoms with Gasteiger partial charge in [-0.1, -0.05) is 11.6 Å². The second-order valence-electron chi connectivity index (χ2n) is 5.59. The van der Waals surface area contributed by atoms with Crippen LogP contribution >= 0.6 is 11.6 Å². The van der Waals surface area contributed by atoms with Crippen molar-refractivity contribution in [3.63, 3.8) is 0 Å². The molecule has 20 heavy (non-hydrogen) atoms. The molecular formula is C15H20ClFN2O. The zero-order valence-electron chi connectivity index (χ0n) is 11.8. The maximum atomic E-state index is 13.4. The molecule has 1 amide bonds. The molecule has 0 unspecified atom stereocenters. The van der Waals surface area contributed by atoms with Gasteiger partial charge in [0.25, 0.3) is 5.91 Å². The second kappa shape index (κ2) is 6.10. The van der Waals surface area contributed by atoms with Crippen LogP contribution in [-0.2, 0) is 0 Å². The molecule has 2 N–H and O–H groups in total. The Kier molecular flexibility index (Phi) is 4.66. The third kappa shape index (κ3) is 3.13. The minimum Gasteiger partial charge on any atom is -0.338 e. The molecule has 0 spiro atoms. The van der Waals surface area contributed by atoms with E-state index >= 15 is 0 Å². The molecule has 0 aliphatic carbocycles. The molecule has 0 radical (unpaired) electrons. The van der Waals surface area contributed by atoms with Crippen LogP contribution in [0.25, 0.3) is 0 Å². The number of benzene rings is 1. The molecule has 1 heterocycles. The van der Waals surface area contributed by atoms with Gasteiger partial charge < -0.3 is 10.6 Å². The van der Waals surface area contributed by atoms with Crippen molar-refractivity contribution in [2.75, 3.05) is 13.1 Å². The quantitative estimate of drug-likeness (QED) is 0.912. The van der Waals surface area contributed by atoms with E-state index in [-0.39, 0.29) is 17.0 Å². The summed E-state index contributed by atoms with van der Waals surface area (Å²) in [5.74, 6) is -0.213. The van der Waals surface area contributed by atoms with Gasteiger partial charge in [-0.2, -0.15) is 0 Å². The minimum absolute atomic E-state index is 0.0658. The maximum absolute atomic E-state index is 13.4. The Morgan fingerprint density at radius 2 is 2.25 bits per heavy atom. The van der Waals surface area contributed by atoms with Crippen molar-refractivity contribution < 1.29 is 9.18 Å². The number of hydrogen-bond acceptors (Lipinski definition) is 2. The summed E-state index contributed by atoms with van der Waals surface area (Å²) in [6, 6.07) is 2.79. The van der Waals surface area contributed by atoms with Crippen LogP contribution in [0.2, 0.25) is 5.02 Å². The number of hydrogen-bond donors (Lipinski definition) is 1. The molecule has 1 saturated heterocycles. The monoisotopic (exact) mass is 298 g/mol. The standard InChI is InChI=1S/C15H20ClFN2O/c1-9-6-12(13(16)7-14(9)17)15(20)19-5-3-4-11(8-19)10(2)18/h6-7,10-11H,3-5,8,18H2,1-2H3/t10-,11+/m0/s1. The Morgan fingerprint density at radius 3 is 2.90 bits per heavy atom. The van der Waals surface area contributed by atoms with Crippen LogP contribution in [0.1, 0.15) is 35.7 Å². The van der Waals surface area contributed by atoms with Crippen molar-refractivity contribution >= 4 is 17.5 Å². The van der Waals surface area contributed by atoms with E-state index in [2.05, 4.69) is 0 Å². The van der Waals surface area contributed by atoms with Crippen LogP contribution in [-0.4, -0.2) is 29.9 Å². The number of halogens is 2. The van der Waals surface area contributed by atoms with E-state index in [0.29, 0.717) is 30.1 Å². The molecule has 1 aliphatic rings. The first-order valence-corrected chi connectivity index (χ1v) is 7.28. The van der Waals surface area contributed by atoms with Gasteiger partial charge in [0, 0.05) is 19.1 Å². The summed E-state index contributed by atoms with van der Waals surface area (Å²) >= 11 is 6.00. The third-order valence-electron chi connectivity index (χ3n) is 3.97. The van der Waals surface area contributed by atoms with E-state index in [4.69, 9.17) is 17.3 Å². The first kappa shape index (κ1) is 15.3. The van der Waals surface area contributed by atoms with Gasteiger partial charge in [-0.3, -0.25) is 4.79 Å². The summed E-state index contributed by atoms with van der Waals surface area (Å²) in [5.41, 5.74) is 6.73. The van der Waals surface area contributed by atoms with E-state index in [0.717, 1.165) is 12.8 Å². The Morgan fingerprint density at radius 1 is 1.55 bits per heavy atom. The molecule has 1 aromatic carbocycles. The Balaban J connectivity index is 2.21. The fourth-order valence-electron chi connectivity index (χ4n) is 2.62. The summed E-state index contributed by atoms with van der Waals surface area (Å²) in [6.07, 6.45) is 1.98. The third-order valence-corrected chi connectivity index (χ3v) is 4.28. The predicted octanol–water partition coefficient (Wildman–Crippen LogP) is 2.99. The number of carbonyl (C=O) groups is 1. The number of nitrogens with two attached hydrogens (primary N) is 1. The molecule has 5 heteroatoms. The number of piperidine rings is 1. The maximum Gasteiger partial charge on any atom is 0.255 e. The summed E-state index contributed by atoms with van der Waals surface area (Å²) in [5, 5.41) is 0.168. The van der Waals surface area contributed by atoms with Crippen molar-refractivity contribution in [2.24, 2.45) is 11.7 Å². The van der Waals surface area contributed by atoms with Crippen molar-refractivity contribution in [2.45, 2.75) is 32.7 Å². The number of aryl methyl sites for hydroxylation is 1. The van der Waals surface area contributed by atoms with Gasteiger partial charge in [0.15, 0.2) is 0 Å². The first-order valence-electron chi connectivity index (χ1n) is 6.90. The smallest absolute Gasteiger partial charge is 0.255 e. The lowest BCUT2D eigenvalue weighted by Gasteiger charge is -2.34. The summed E-state index contributed by atoms with van der Waals surface area (Å²) < 4.78 is 13.4. The first-order chi connectivity index (χ1) is 9.40. The summed E-state index contributed by atoms with van der Waals surface area (Å²) in [4.78, 5) is 14.3. The highest BCUT2D eigenvalue weighted by Gasteiger charge is 2.27. The Labute approximate surface area is 123 Å². The number of amides is 1. The topological polar surface area (TPSA) is 46.3 Å². The predicted molar refractivity (Wildman–Crippen MR) is 78.4 cm³/mol. The van der Waals surface area contributed by atoms with E-state index in [1.54, 1.807) is 11.8 Å². The van der Waals surface area contributed by atoms with Gasteiger partial charge in [-0.25, -0.2) is 4.39 Å². The fourth-order valence-corrected chi connectivity index (χ4v) is 2.85. The van der Waals surface area contributed by atoms with Gasteiger partial charge >= 0.3 is 0 Å². The minimum atomic E-state index is -0.390. The normalized spacial score (nSPS) is 20.9. The summed E-state index contributed by atoms with van der Waals surface area (Å²) in [7, 11) is 0. The highest BCUT2D eigenvalue weighted by molar-refractivity contribution is 6.33. The van der Waals surface area contributed by atoms with Gasteiger partial charge in [-0.05, 0) is 50.3 Å². The molecule has 0 aromatic heterocycles. The average molecular weight is 299 g/mol. The van der Waals surface area contributed by atoms with E-state index in [1.165, 1.54) is 12.1 Å². The average Bonchev–Trinajstić information content (AvgIpc) is 2.42. The zero-order valence-corrected chi connectivity index (χ0v) is 12.6. The van der Waals surface area contributed by atoms with E-state index in [9.17, 15) is 9.18 Å². The number of nitrogens with zero attached hydrogens (tertiary/aromatic N) is 1. The van der Waals surface area contributed by atoms with Gasteiger partial charge in [0.05, 0.1) is 10.6 Å². The number of rotatable bonds is 2. The van der Waals surface area contributed by atoms with Crippen molar-refractivity contribution in [3.05, 3.63) is 34.1 Å². The van der Waals surface area contributed by atoms with E-state index in [1.807, 2.05) is 6.92 Å². The largest absolute Gasteiger partial charge is 0.338 e. The molecule has 1 fully saturated rings. The van der Waals surface area contributed by atoms with E-state index < -0.39 is 5.82 Å². The lowest BCUT2D eigenvalue weighted by molar-refractivity contribution is 0.0661.